The van der Waals surface area contributed by atoms with E-state index in [0.29, 0.717) is 18.9 Å². The van der Waals surface area contributed by atoms with Gasteiger partial charge in [-0.25, -0.2) is 26.4 Å². The fraction of sp³-hybridized carbons (Fsp3) is 0.174. The zero-order valence-electron chi connectivity index (χ0n) is 16.9. The Hall–Kier alpha value is -3.53. The number of nitrogens with one attached hydrogen (secondary N) is 1. The van der Waals surface area contributed by atoms with Crippen molar-refractivity contribution in [2.24, 2.45) is 0 Å². The van der Waals surface area contributed by atoms with Gasteiger partial charge in [-0.05, 0) is 65.8 Å². The number of halogens is 3. The van der Waals surface area contributed by atoms with Crippen LogP contribution in [-0.4, -0.2) is 19.5 Å². The van der Waals surface area contributed by atoms with E-state index in [1.807, 2.05) is 4.72 Å². The highest BCUT2D eigenvalue weighted by Gasteiger charge is 2.33. The van der Waals surface area contributed by atoms with E-state index in [2.05, 4.69) is 0 Å². The van der Waals surface area contributed by atoms with Crippen LogP contribution in [0.25, 0.3) is 11.1 Å². The van der Waals surface area contributed by atoms with Crippen molar-refractivity contribution >= 4 is 21.7 Å². The van der Waals surface area contributed by atoms with Gasteiger partial charge in [0.1, 0.15) is 34.7 Å². The number of sulfonamides is 1. The van der Waals surface area contributed by atoms with Gasteiger partial charge in [0, 0.05) is 11.6 Å². The number of aromatic hydroxyl groups is 1. The highest BCUT2D eigenvalue weighted by atomic mass is 32.2. The van der Waals surface area contributed by atoms with Crippen LogP contribution in [0.4, 0.5) is 18.9 Å². The van der Waals surface area contributed by atoms with Crippen LogP contribution in [-0.2, 0) is 21.4 Å². The van der Waals surface area contributed by atoms with E-state index in [-0.39, 0.29) is 40.3 Å². The Balaban J connectivity index is 1.77. The molecule has 4 bridgehead atoms. The molecule has 6 nitrogen and oxygen atoms in total. The van der Waals surface area contributed by atoms with Gasteiger partial charge in [-0.1, -0.05) is 6.07 Å². The average molecular weight is 475 g/mol. The molecule has 0 atom stereocenters. The first-order valence-electron chi connectivity index (χ1n) is 9.99. The molecule has 2 aliphatic rings. The molecule has 170 valence electrons. The summed E-state index contributed by atoms with van der Waals surface area (Å²) in [6, 6.07) is 7.04. The van der Waals surface area contributed by atoms with Crippen LogP contribution < -0.4 is 4.72 Å². The predicted octanol–water partition coefficient (Wildman–Crippen LogP) is 4.83. The zero-order valence-corrected chi connectivity index (χ0v) is 17.7. The van der Waals surface area contributed by atoms with Crippen molar-refractivity contribution in [1.29, 1.82) is 0 Å². The number of ether oxygens (including phenoxy) is 1. The van der Waals surface area contributed by atoms with Gasteiger partial charge in [0.15, 0.2) is 0 Å². The molecule has 0 radical (unpaired) electrons. The van der Waals surface area contributed by atoms with Crippen LogP contribution in [0.5, 0.6) is 5.75 Å². The summed E-state index contributed by atoms with van der Waals surface area (Å²) < 4.78 is 76.7. The molecule has 0 spiro atoms. The van der Waals surface area contributed by atoms with E-state index in [1.165, 1.54) is 12.1 Å². The smallest absolute Gasteiger partial charge is 0.338 e. The van der Waals surface area contributed by atoms with Crippen molar-refractivity contribution in [3.05, 3.63) is 76.6 Å². The fourth-order valence-corrected chi connectivity index (χ4v) is 5.05. The Morgan fingerprint density at radius 3 is 2.45 bits per heavy atom. The monoisotopic (exact) mass is 475 g/mol. The Labute approximate surface area is 186 Å². The van der Waals surface area contributed by atoms with Crippen LogP contribution in [0.3, 0.4) is 0 Å². The molecular formula is C23H16F3NO5S. The van der Waals surface area contributed by atoms with Gasteiger partial charge in [0.05, 0.1) is 11.3 Å². The van der Waals surface area contributed by atoms with Gasteiger partial charge in [-0.15, -0.1) is 0 Å². The number of cyclic esters (lactones) is 1. The number of hydrogen-bond acceptors (Lipinski definition) is 5. The summed E-state index contributed by atoms with van der Waals surface area (Å²) >= 11 is 0. The van der Waals surface area contributed by atoms with Gasteiger partial charge in [0.25, 0.3) is 10.0 Å². The second-order valence-corrected chi connectivity index (χ2v) is 9.63. The molecule has 5 rings (SSSR count). The maximum Gasteiger partial charge on any atom is 0.338 e. The summed E-state index contributed by atoms with van der Waals surface area (Å²) in [5, 5.41) is 10.6. The maximum absolute atomic E-state index is 14.7. The number of anilines is 1. The number of hydrogen-bond donors (Lipinski definition) is 2. The van der Waals surface area contributed by atoms with Crippen molar-refractivity contribution in [2.75, 3.05) is 4.72 Å². The fourth-order valence-electron chi connectivity index (χ4n) is 3.84. The third-order valence-corrected chi connectivity index (χ3v) is 7.05. The molecular weight excluding hydrogens is 459 g/mol. The van der Waals surface area contributed by atoms with E-state index in [1.54, 1.807) is 0 Å². The van der Waals surface area contributed by atoms with Crippen LogP contribution in [0.2, 0.25) is 0 Å². The minimum Gasteiger partial charge on any atom is -0.506 e. The summed E-state index contributed by atoms with van der Waals surface area (Å²) in [7, 11) is -4.61. The summed E-state index contributed by atoms with van der Waals surface area (Å²) in [6.07, 6.45) is 1.40. The lowest BCUT2D eigenvalue weighted by Crippen LogP contribution is -2.16. The molecule has 1 aliphatic carbocycles. The summed E-state index contributed by atoms with van der Waals surface area (Å²) in [5.74, 6) is -4.56. The average Bonchev–Trinajstić information content (AvgIpc) is 3.59. The summed E-state index contributed by atoms with van der Waals surface area (Å²) in [4.78, 5) is 12.1. The maximum atomic E-state index is 14.7. The van der Waals surface area contributed by atoms with Crippen molar-refractivity contribution in [3.8, 4) is 16.9 Å². The molecule has 3 aromatic rings. The largest absolute Gasteiger partial charge is 0.506 e. The number of esters is 1. The Morgan fingerprint density at radius 2 is 1.73 bits per heavy atom. The summed E-state index contributed by atoms with van der Waals surface area (Å²) in [6.45, 7) is -0.379. The van der Waals surface area contributed by atoms with Gasteiger partial charge in [-0.3, -0.25) is 4.72 Å². The number of fused-ring (bicyclic) bond motifs is 6. The number of phenolic OH excluding ortho intramolecular Hbond substituents is 1. The Kier molecular flexibility index (Phi) is 4.86. The molecule has 10 heteroatoms. The van der Waals surface area contributed by atoms with Crippen molar-refractivity contribution in [1.82, 2.24) is 0 Å². The lowest BCUT2D eigenvalue weighted by Gasteiger charge is -2.15. The number of rotatable bonds is 1. The minimum absolute atomic E-state index is 0.0341. The Morgan fingerprint density at radius 1 is 0.970 bits per heavy atom. The highest BCUT2D eigenvalue weighted by Crippen LogP contribution is 2.47. The third-order valence-electron chi connectivity index (χ3n) is 5.67. The number of carbonyl (C=O) groups excluding carboxylic acids is 1. The van der Waals surface area contributed by atoms with Gasteiger partial charge < -0.3 is 9.84 Å². The molecule has 1 fully saturated rings. The van der Waals surface area contributed by atoms with Crippen molar-refractivity contribution in [3.63, 3.8) is 0 Å². The van der Waals surface area contributed by atoms with E-state index >= 15 is 0 Å². The van der Waals surface area contributed by atoms with Gasteiger partial charge in [0.2, 0.25) is 0 Å². The van der Waals surface area contributed by atoms with E-state index in [0.717, 1.165) is 24.3 Å². The SMILES string of the molecule is O=C1OCc2ccc(F)cc2-c2cc(c(F)cc2F)NS(=O)(=O)c2cc1cc(C1CC1)c2O. The first-order valence-corrected chi connectivity index (χ1v) is 11.5. The second kappa shape index (κ2) is 7.51. The summed E-state index contributed by atoms with van der Waals surface area (Å²) in [5.41, 5.74) is -0.573. The molecule has 0 aromatic heterocycles. The van der Waals surface area contributed by atoms with E-state index < -0.39 is 49.8 Å². The lowest BCUT2D eigenvalue weighted by atomic mass is 9.98. The predicted molar refractivity (Wildman–Crippen MR) is 112 cm³/mol. The van der Waals surface area contributed by atoms with Crippen LogP contribution in [0.1, 0.15) is 40.2 Å². The molecule has 33 heavy (non-hydrogen) atoms. The molecule has 0 unspecified atom stereocenters. The number of carbonyl (C=O) groups is 1. The zero-order chi connectivity index (χ0) is 23.5. The first-order chi connectivity index (χ1) is 15.6. The molecule has 0 saturated heterocycles. The standard InChI is InChI=1S/C23H16F3NO5S/c24-14-4-3-12-10-32-23(29)13-5-16(11-1-2-11)22(28)21(6-13)33(30,31)27-20-8-17(15(12)7-14)18(25)9-19(20)26/h3-9,11,27-28H,1-2,10H2. The quantitative estimate of drug-likeness (QED) is 0.492. The number of benzene rings is 3. The molecule has 1 aliphatic heterocycles. The van der Waals surface area contributed by atoms with Crippen LogP contribution >= 0.6 is 0 Å². The van der Waals surface area contributed by atoms with Crippen LogP contribution in [0.15, 0.2) is 47.4 Å². The van der Waals surface area contributed by atoms with E-state index in [9.17, 15) is 31.5 Å². The second-order valence-electron chi connectivity index (χ2n) is 7.98. The highest BCUT2D eigenvalue weighted by molar-refractivity contribution is 7.92. The molecule has 1 heterocycles. The molecule has 0 amide bonds. The minimum atomic E-state index is -4.61. The van der Waals surface area contributed by atoms with Gasteiger partial charge >= 0.3 is 5.97 Å². The van der Waals surface area contributed by atoms with Crippen LogP contribution in [0, 0.1) is 17.5 Å². The number of phenols is 1. The Bertz CT molecular complexity index is 1430. The van der Waals surface area contributed by atoms with Crippen molar-refractivity contribution < 1.29 is 36.2 Å². The van der Waals surface area contributed by atoms with Gasteiger partial charge in [-0.2, -0.15) is 0 Å². The third kappa shape index (κ3) is 3.80. The molecule has 3 aromatic carbocycles. The first kappa shape index (κ1) is 21.3. The topological polar surface area (TPSA) is 92.7 Å². The van der Waals surface area contributed by atoms with E-state index in [4.69, 9.17) is 4.74 Å². The molecule has 1 saturated carbocycles. The molecule has 2 N–H and O–H groups in total. The lowest BCUT2D eigenvalue weighted by molar-refractivity contribution is 0.0473. The normalized spacial score (nSPS) is 17.0. The van der Waals surface area contributed by atoms with Crippen molar-refractivity contribution in [2.45, 2.75) is 30.3 Å².